The normalized spacial score (nSPS) is 12.1. The summed E-state index contributed by atoms with van der Waals surface area (Å²) in [4.78, 5) is 21.6. The lowest BCUT2D eigenvalue weighted by atomic mass is 10.0. The van der Waals surface area contributed by atoms with E-state index in [1.165, 1.54) is 12.1 Å². The lowest BCUT2D eigenvalue weighted by Crippen LogP contribution is -2.29. The van der Waals surface area contributed by atoms with E-state index in [2.05, 4.69) is 14.7 Å². The number of nitrogens with zero attached hydrogens (tertiary/aromatic N) is 3. The van der Waals surface area contributed by atoms with Gasteiger partial charge < -0.3 is 19.5 Å². The highest BCUT2D eigenvalue weighted by atomic mass is 19.4. The first-order valence-corrected chi connectivity index (χ1v) is 11.0. The lowest BCUT2D eigenvalue weighted by molar-refractivity contribution is -0.274. The number of hydrogen-bond acceptors (Lipinski definition) is 6. The molecule has 0 saturated carbocycles. The molecular formula is C25H26F3N3O4. The van der Waals surface area contributed by atoms with Crippen LogP contribution in [0.15, 0.2) is 60.9 Å². The number of benzene rings is 2. The Labute approximate surface area is 201 Å². The Morgan fingerprint density at radius 3 is 2.14 bits per heavy atom. The third-order valence-electron chi connectivity index (χ3n) is 5.22. The number of carboxylic acid groups (broad SMARTS) is 1. The molecule has 3 aromatic rings. The van der Waals surface area contributed by atoms with Crippen LogP contribution in [-0.2, 0) is 17.8 Å². The average Bonchev–Trinajstić information content (AvgIpc) is 2.83. The van der Waals surface area contributed by atoms with Gasteiger partial charge in [0.2, 0.25) is 5.95 Å². The van der Waals surface area contributed by atoms with Gasteiger partial charge in [0.1, 0.15) is 11.5 Å². The molecule has 0 radical (unpaired) electrons. The predicted octanol–water partition coefficient (Wildman–Crippen LogP) is 5.21. The van der Waals surface area contributed by atoms with Crippen molar-refractivity contribution in [3.63, 3.8) is 0 Å². The van der Waals surface area contributed by atoms with E-state index in [1.807, 2.05) is 30.9 Å². The van der Waals surface area contributed by atoms with E-state index in [0.717, 1.165) is 23.1 Å². The number of ether oxygens (including phenoxy) is 2. The van der Waals surface area contributed by atoms with Gasteiger partial charge in [0.25, 0.3) is 0 Å². The topological polar surface area (TPSA) is 84.8 Å². The summed E-state index contributed by atoms with van der Waals surface area (Å²) in [5, 5.41) is 8.74. The number of aliphatic carboxylic acids is 1. The quantitative estimate of drug-likeness (QED) is 0.396. The van der Waals surface area contributed by atoms with E-state index in [0.29, 0.717) is 24.8 Å². The fourth-order valence-corrected chi connectivity index (χ4v) is 3.40. The van der Waals surface area contributed by atoms with E-state index >= 15 is 0 Å². The maximum atomic E-state index is 12.5. The second kappa shape index (κ2) is 11.5. The molecule has 0 bridgehead atoms. The van der Waals surface area contributed by atoms with Crippen LogP contribution in [0.2, 0.25) is 0 Å². The zero-order chi connectivity index (χ0) is 25.4. The number of alkyl halides is 3. The number of rotatable bonds is 11. The first kappa shape index (κ1) is 25.8. The highest BCUT2D eigenvalue weighted by Gasteiger charge is 2.31. The second-order valence-electron chi connectivity index (χ2n) is 7.97. The third-order valence-corrected chi connectivity index (χ3v) is 5.22. The monoisotopic (exact) mass is 489 g/mol. The number of carboxylic acids is 1. The zero-order valence-corrected chi connectivity index (χ0v) is 19.3. The minimum absolute atomic E-state index is 0.0332. The Morgan fingerprint density at radius 1 is 1.00 bits per heavy atom. The highest BCUT2D eigenvalue weighted by molar-refractivity contribution is 5.68. The van der Waals surface area contributed by atoms with Gasteiger partial charge >= 0.3 is 12.3 Å². The van der Waals surface area contributed by atoms with Crippen molar-refractivity contribution in [3.8, 4) is 11.5 Å². The fraction of sp³-hybridized carbons (Fsp3) is 0.320. The molecule has 10 heteroatoms. The molecule has 0 aliphatic heterocycles. The number of aromatic nitrogens is 2. The number of hydrogen-bond donors (Lipinski definition) is 1. The van der Waals surface area contributed by atoms with Gasteiger partial charge in [0.15, 0.2) is 6.61 Å². The number of halogens is 3. The molecule has 0 aliphatic rings. The van der Waals surface area contributed by atoms with Gasteiger partial charge in [-0.1, -0.05) is 38.1 Å². The molecule has 2 aromatic carbocycles. The summed E-state index contributed by atoms with van der Waals surface area (Å²) in [6.07, 6.45) is -0.427. The molecule has 0 fully saturated rings. The summed E-state index contributed by atoms with van der Waals surface area (Å²) in [6.45, 7) is 4.53. The summed E-state index contributed by atoms with van der Waals surface area (Å²) in [6, 6.07) is 12.9. The van der Waals surface area contributed by atoms with Crippen molar-refractivity contribution in [1.82, 2.24) is 9.97 Å². The fourth-order valence-electron chi connectivity index (χ4n) is 3.40. The van der Waals surface area contributed by atoms with Crippen LogP contribution in [0.25, 0.3) is 0 Å². The molecule has 1 N–H and O–H groups in total. The Morgan fingerprint density at radius 2 is 1.60 bits per heavy atom. The van der Waals surface area contributed by atoms with Crippen LogP contribution in [0.5, 0.6) is 11.5 Å². The molecule has 0 saturated heterocycles. The molecule has 1 atom stereocenters. The van der Waals surface area contributed by atoms with E-state index in [4.69, 9.17) is 9.84 Å². The maximum absolute atomic E-state index is 12.5. The molecule has 0 aliphatic carbocycles. The molecule has 0 spiro atoms. The van der Waals surface area contributed by atoms with E-state index in [9.17, 15) is 18.0 Å². The molecule has 35 heavy (non-hydrogen) atoms. The van der Waals surface area contributed by atoms with Crippen molar-refractivity contribution in [2.45, 2.75) is 39.1 Å². The van der Waals surface area contributed by atoms with Gasteiger partial charge in [0, 0.05) is 25.5 Å². The van der Waals surface area contributed by atoms with Crippen molar-refractivity contribution in [2.75, 3.05) is 18.1 Å². The molecule has 1 aromatic heterocycles. The molecule has 186 valence electrons. The van der Waals surface area contributed by atoms with Crippen LogP contribution in [-0.4, -0.2) is 40.6 Å². The Balaban J connectivity index is 1.76. The van der Waals surface area contributed by atoms with E-state index in [1.54, 1.807) is 36.7 Å². The first-order valence-electron chi connectivity index (χ1n) is 11.0. The third kappa shape index (κ3) is 8.16. The van der Waals surface area contributed by atoms with Crippen molar-refractivity contribution >= 4 is 11.9 Å². The van der Waals surface area contributed by atoms with Crippen LogP contribution >= 0.6 is 0 Å². The summed E-state index contributed by atoms with van der Waals surface area (Å²) < 4.78 is 46.5. The second-order valence-corrected chi connectivity index (χ2v) is 7.97. The number of carbonyl (C=O) groups is 1. The van der Waals surface area contributed by atoms with Crippen LogP contribution in [0.1, 0.15) is 36.5 Å². The van der Waals surface area contributed by atoms with Crippen molar-refractivity contribution < 1.29 is 32.5 Å². The van der Waals surface area contributed by atoms with Crippen LogP contribution < -0.4 is 14.4 Å². The summed E-state index contributed by atoms with van der Waals surface area (Å²) in [7, 11) is 0. The highest BCUT2D eigenvalue weighted by Crippen LogP contribution is 2.25. The van der Waals surface area contributed by atoms with E-state index in [-0.39, 0.29) is 11.7 Å². The summed E-state index contributed by atoms with van der Waals surface area (Å²) in [5.74, 6) is -0.336. The lowest BCUT2D eigenvalue weighted by Gasteiger charge is -2.26. The minimum atomic E-state index is -4.74. The summed E-state index contributed by atoms with van der Waals surface area (Å²) >= 11 is 0. The standard InChI is InChI=1S/C25H26F3N3O4/c1-3-18-12-29-24(30-13-18)31(15-19-4-8-22(9-5-19)35-25(26,27)28)14-17(2)20-6-10-21(11-7-20)34-16-23(32)33/h4-13,17H,3,14-16H2,1-2H3,(H,32,33). The van der Waals surface area contributed by atoms with Gasteiger partial charge in [0.05, 0.1) is 0 Å². The molecule has 1 heterocycles. The van der Waals surface area contributed by atoms with Crippen LogP contribution in [0.4, 0.5) is 19.1 Å². The van der Waals surface area contributed by atoms with Crippen LogP contribution in [0.3, 0.4) is 0 Å². The van der Waals surface area contributed by atoms with Crippen molar-refractivity contribution in [2.24, 2.45) is 0 Å². The predicted molar refractivity (Wildman–Crippen MR) is 124 cm³/mol. The minimum Gasteiger partial charge on any atom is -0.482 e. The molecule has 3 rings (SSSR count). The van der Waals surface area contributed by atoms with Gasteiger partial charge in [-0.05, 0) is 53.3 Å². The van der Waals surface area contributed by atoms with Gasteiger partial charge in [-0.3, -0.25) is 0 Å². The first-order chi connectivity index (χ1) is 16.6. The van der Waals surface area contributed by atoms with Crippen molar-refractivity contribution in [3.05, 3.63) is 77.6 Å². The van der Waals surface area contributed by atoms with Gasteiger partial charge in [-0.15, -0.1) is 13.2 Å². The Kier molecular flexibility index (Phi) is 8.51. The largest absolute Gasteiger partial charge is 0.573 e. The summed E-state index contributed by atoms with van der Waals surface area (Å²) in [5.41, 5.74) is 2.76. The number of anilines is 1. The smallest absolute Gasteiger partial charge is 0.482 e. The zero-order valence-electron chi connectivity index (χ0n) is 19.3. The van der Waals surface area contributed by atoms with Gasteiger partial charge in [-0.25, -0.2) is 14.8 Å². The molecular weight excluding hydrogens is 463 g/mol. The van der Waals surface area contributed by atoms with Crippen LogP contribution in [0, 0.1) is 0 Å². The molecule has 0 amide bonds. The maximum Gasteiger partial charge on any atom is 0.573 e. The number of aryl methyl sites for hydroxylation is 1. The van der Waals surface area contributed by atoms with E-state index < -0.39 is 18.9 Å². The van der Waals surface area contributed by atoms with Gasteiger partial charge in [-0.2, -0.15) is 0 Å². The Hall–Kier alpha value is -3.82. The molecule has 7 nitrogen and oxygen atoms in total. The van der Waals surface area contributed by atoms with Crippen molar-refractivity contribution in [1.29, 1.82) is 0 Å². The SMILES string of the molecule is CCc1cnc(N(Cc2ccc(OC(F)(F)F)cc2)CC(C)c2ccc(OCC(=O)O)cc2)nc1. The average molecular weight is 489 g/mol. The molecule has 1 unspecified atom stereocenters. The Bertz CT molecular complexity index is 1090.